The predicted molar refractivity (Wildman–Crippen MR) is 158 cm³/mol. The van der Waals surface area contributed by atoms with E-state index in [0.717, 1.165) is 49.6 Å². The van der Waals surface area contributed by atoms with Crippen LogP contribution in [-0.2, 0) is 0 Å². The molecule has 0 N–H and O–H groups in total. The lowest BCUT2D eigenvalue weighted by atomic mass is 10.1. The Hall–Kier alpha value is -5.62. The van der Waals surface area contributed by atoms with Gasteiger partial charge in [-0.05, 0) is 30.3 Å². The Morgan fingerprint density at radius 1 is 0.475 bits per heavy atom. The van der Waals surface area contributed by atoms with Gasteiger partial charge in [0.25, 0.3) is 0 Å². The third kappa shape index (κ3) is 3.66. The zero-order chi connectivity index (χ0) is 26.5. The maximum absolute atomic E-state index is 6.22. The third-order valence-electron chi connectivity index (χ3n) is 7.09. The van der Waals surface area contributed by atoms with Gasteiger partial charge in [-0.2, -0.15) is 9.97 Å². The number of hydrogen-bond acceptors (Lipinski definition) is 5. The lowest BCUT2D eigenvalue weighted by molar-refractivity contribution is 0.620. The average molecular weight is 516 g/mol. The second kappa shape index (κ2) is 8.99. The number of benzene rings is 5. The number of hydrogen-bond donors (Lipinski definition) is 0. The summed E-state index contributed by atoms with van der Waals surface area (Å²) < 4.78 is 8.32. The first-order valence-electron chi connectivity index (χ1n) is 13.1. The van der Waals surface area contributed by atoms with Crippen molar-refractivity contribution in [2.45, 2.75) is 0 Å². The van der Waals surface area contributed by atoms with E-state index < -0.39 is 0 Å². The van der Waals surface area contributed by atoms with Gasteiger partial charge < -0.3 is 4.42 Å². The number of rotatable bonds is 4. The topological polar surface area (TPSA) is 69.6 Å². The number of fused-ring (bicyclic) bond motifs is 4. The molecule has 0 saturated heterocycles. The van der Waals surface area contributed by atoms with E-state index in [2.05, 4.69) is 28.8 Å². The van der Waals surface area contributed by atoms with E-state index in [0.29, 0.717) is 23.5 Å². The van der Waals surface area contributed by atoms with Crippen molar-refractivity contribution in [1.82, 2.24) is 24.5 Å². The Labute approximate surface area is 229 Å². The first-order valence-corrected chi connectivity index (χ1v) is 13.1. The highest BCUT2D eigenvalue weighted by molar-refractivity contribution is 6.12. The average Bonchev–Trinajstić information content (AvgIpc) is 3.59. The number of aromatic nitrogens is 5. The molecule has 0 aliphatic rings. The summed E-state index contributed by atoms with van der Waals surface area (Å²) in [6.45, 7) is 0. The molecule has 8 rings (SSSR count). The van der Waals surface area contributed by atoms with Gasteiger partial charge in [0.05, 0.1) is 11.0 Å². The van der Waals surface area contributed by atoms with Gasteiger partial charge in [-0.1, -0.05) is 97.1 Å². The molecule has 0 unspecified atom stereocenters. The van der Waals surface area contributed by atoms with Crippen LogP contribution in [0.5, 0.6) is 0 Å². The molecule has 0 aliphatic carbocycles. The standard InChI is InChI=1S/C34H21N5O/c1-4-12-22(13-5-1)31-36-32(23-14-6-2-7-15-23)38-34(37-31)39-28-19-11-10-18-25(28)26-20-30-27(21-29(26)39)35-33(40-30)24-16-8-3-9-17-24/h1-21H. The monoisotopic (exact) mass is 515 g/mol. The van der Waals surface area contributed by atoms with Crippen molar-refractivity contribution in [1.29, 1.82) is 0 Å². The van der Waals surface area contributed by atoms with Gasteiger partial charge in [-0.25, -0.2) is 9.97 Å². The maximum Gasteiger partial charge on any atom is 0.238 e. The highest BCUT2D eigenvalue weighted by Crippen LogP contribution is 2.36. The summed E-state index contributed by atoms with van der Waals surface area (Å²) in [5.74, 6) is 2.37. The summed E-state index contributed by atoms with van der Waals surface area (Å²) in [7, 11) is 0. The number of para-hydroxylation sites is 1. The second-order valence-corrected chi connectivity index (χ2v) is 9.59. The zero-order valence-electron chi connectivity index (χ0n) is 21.3. The van der Waals surface area contributed by atoms with E-state index in [-0.39, 0.29) is 0 Å². The number of nitrogens with zero attached hydrogens (tertiary/aromatic N) is 5. The normalized spacial score (nSPS) is 11.5. The minimum atomic E-state index is 0.546. The van der Waals surface area contributed by atoms with E-state index in [1.165, 1.54) is 0 Å². The molecule has 0 atom stereocenters. The minimum absolute atomic E-state index is 0.546. The highest BCUT2D eigenvalue weighted by Gasteiger charge is 2.19. The van der Waals surface area contributed by atoms with Crippen LogP contribution in [0, 0.1) is 0 Å². The fraction of sp³-hybridized carbons (Fsp3) is 0. The molecule has 0 spiro atoms. The molecular weight excluding hydrogens is 494 g/mol. The lowest BCUT2D eigenvalue weighted by Gasteiger charge is -2.10. The van der Waals surface area contributed by atoms with Crippen LogP contribution in [0.15, 0.2) is 132 Å². The Morgan fingerprint density at radius 3 is 1.70 bits per heavy atom. The quantitative estimate of drug-likeness (QED) is 0.237. The lowest BCUT2D eigenvalue weighted by Crippen LogP contribution is -2.06. The molecule has 8 aromatic rings. The molecule has 0 amide bonds. The van der Waals surface area contributed by atoms with Gasteiger partial charge in [0.1, 0.15) is 5.52 Å². The summed E-state index contributed by atoms with van der Waals surface area (Å²) in [5, 5.41) is 2.13. The van der Waals surface area contributed by atoms with Crippen LogP contribution in [0.25, 0.3) is 73.1 Å². The van der Waals surface area contributed by atoms with Crippen LogP contribution in [-0.4, -0.2) is 24.5 Å². The molecule has 0 fully saturated rings. The number of oxazole rings is 1. The van der Waals surface area contributed by atoms with E-state index in [4.69, 9.17) is 24.4 Å². The Bertz CT molecular complexity index is 2090. The van der Waals surface area contributed by atoms with Crippen molar-refractivity contribution >= 4 is 32.9 Å². The van der Waals surface area contributed by atoms with Crippen LogP contribution >= 0.6 is 0 Å². The van der Waals surface area contributed by atoms with Gasteiger partial charge >= 0.3 is 0 Å². The van der Waals surface area contributed by atoms with Crippen molar-refractivity contribution in [3.05, 3.63) is 127 Å². The van der Waals surface area contributed by atoms with Gasteiger partial charge in [0, 0.05) is 27.5 Å². The molecule has 40 heavy (non-hydrogen) atoms. The van der Waals surface area contributed by atoms with Gasteiger partial charge in [0.2, 0.25) is 11.8 Å². The summed E-state index contributed by atoms with van der Waals surface area (Å²) >= 11 is 0. The third-order valence-corrected chi connectivity index (χ3v) is 7.09. The smallest absolute Gasteiger partial charge is 0.238 e. The molecule has 0 bridgehead atoms. The van der Waals surface area contributed by atoms with E-state index >= 15 is 0 Å². The fourth-order valence-corrected chi connectivity index (χ4v) is 5.21. The molecule has 5 aromatic carbocycles. The van der Waals surface area contributed by atoms with Crippen LogP contribution in [0.2, 0.25) is 0 Å². The van der Waals surface area contributed by atoms with Gasteiger partial charge in [0.15, 0.2) is 17.2 Å². The summed E-state index contributed by atoms with van der Waals surface area (Å²) in [5.41, 5.74) is 6.25. The molecule has 0 radical (unpaired) electrons. The molecule has 188 valence electrons. The van der Waals surface area contributed by atoms with Crippen LogP contribution in [0.1, 0.15) is 0 Å². The van der Waals surface area contributed by atoms with E-state index in [1.807, 2.05) is 103 Å². The first kappa shape index (κ1) is 22.4. The first-order chi connectivity index (χ1) is 19.8. The van der Waals surface area contributed by atoms with E-state index in [1.54, 1.807) is 0 Å². The highest BCUT2D eigenvalue weighted by atomic mass is 16.3. The molecule has 0 aliphatic heterocycles. The molecule has 6 heteroatoms. The predicted octanol–water partition coefficient (Wildman–Crippen LogP) is 8.11. The molecule has 3 aromatic heterocycles. The van der Waals surface area contributed by atoms with Crippen molar-refractivity contribution < 1.29 is 4.42 Å². The van der Waals surface area contributed by atoms with Crippen molar-refractivity contribution in [3.63, 3.8) is 0 Å². The van der Waals surface area contributed by atoms with Crippen molar-refractivity contribution in [2.75, 3.05) is 0 Å². The molecular formula is C34H21N5O. The van der Waals surface area contributed by atoms with Crippen LogP contribution in [0.3, 0.4) is 0 Å². The fourth-order valence-electron chi connectivity index (χ4n) is 5.21. The van der Waals surface area contributed by atoms with Crippen molar-refractivity contribution in [3.8, 4) is 40.2 Å². The molecule has 3 heterocycles. The Balaban J connectivity index is 1.42. The SMILES string of the molecule is c1ccc(-c2nc(-c3ccccc3)nc(-n3c4ccccc4c4cc5oc(-c6ccccc6)nc5cc43)n2)cc1. The largest absolute Gasteiger partial charge is 0.436 e. The summed E-state index contributed by atoms with van der Waals surface area (Å²) in [6, 6.07) is 42.4. The minimum Gasteiger partial charge on any atom is -0.436 e. The van der Waals surface area contributed by atoms with Crippen LogP contribution < -0.4 is 0 Å². The van der Waals surface area contributed by atoms with E-state index in [9.17, 15) is 0 Å². The molecule has 6 nitrogen and oxygen atoms in total. The zero-order valence-corrected chi connectivity index (χ0v) is 21.3. The maximum atomic E-state index is 6.22. The van der Waals surface area contributed by atoms with Gasteiger partial charge in [-0.15, -0.1) is 0 Å². The Kier molecular flexibility index (Phi) is 5.03. The van der Waals surface area contributed by atoms with Gasteiger partial charge in [-0.3, -0.25) is 4.57 Å². The van der Waals surface area contributed by atoms with Crippen LogP contribution in [0.4, 0.5) is 0 Å². The van der Waals surface area contributed by atoms with Crippen molar-refractivity contribution in [2.24, 2.45) is 0 Å². The second-order valence-electron chi connectivity index (χ2n) is 9.59. The summed E-state index contributed by atoms with van der Waals surface area (Å²) in [6.07, 6.45) is 0. The summed E-state index contributed by atoms with van der Waals surface area (Å²) in [4.78, 5) is 19.7. The molecule has 0 saturated carbocycles. The Morgan fingerprint density at radius 2 is 1.05 bits per heavy atom.